The van der Waals surface area contributed by atoms with Crippen LogP contribution in [0.4, 0.5) is 4.79 Å². The van der Waals surface area contributed by atoms with Gasteiger partial charge in [-0.05, 0) is 60.2 Å². The van der Waals surface area contributed by atoms with Crippen molar-refractivity contribution in [1.82, 2.24) is 9.47 Å². The van der Waals surface area contributed by atoms with E-state index in [0.717, 1.165) is 54.5 Å². The minimum Gasteiger partial charge on any atom is -0.340 e. The highest BCUT2D eigenvalue weighted by Gasteiger charge is 2.35. The molecule has 170 valence electrons. The molecule has 0 spiro atoms. The maximum atomic E-state index is 13.2. The van der Waals surface area contributed by atoms with E-state index in [9.17, 15) is 9.59 Å². The van der Waals surface area contributed by atoms with Crippen molar-refractivity contribution in [2.75, 3.05) is 0 Å². The minimum atomic E-state index is -0.264. The molecule has 2 heterocycles. The number of rotatable bonds is 5. The van der Waals surface area contributed by atoms with Gasteiger partial charge in [-0.15, -0.1) is 0 Å². The van der Waals surface area contributed by atoms with Crippen LogP contribution in [0, 0.1) is 6.92 Å². The third-order valence-electron chi connectivity index (χ3n) is 5.97. The molecule has 7 heteroatoms. The van der Waals surface area contributed by atoms with Crippen molar-refractivity contribution in [2.24, 2.45) is 0 Å². The molecule has 4 nitrogen and oxygen atoms in total. The van der Waals surface area contributed by atoms with Gasteiger partial charge < -0.3 is 4.57 Å². The van der Waals surface area contributed by atoms with Crippen LogP contribution in [0.15, 0.2) is 82.2 Å². The normalized spacial score (nSPS) is 15.1. The van der Waals surface area contributed by atoms with Crippen LogP contribution in [0.25, 0.3) is 17.0 Å². The van der Waals surface area contributed by atoms with E-state index in [2.05, 4.69) is 26.6 Å². The van der Waals surface area contributed by atoms with Gasteiger partial charge in [-0.2, -0.15) is 0 Å². The molecule has 3 aromatic carbocycles. The van der Waals surface area contributed by atoms with Crippen LogP contribution in [0.2, 0.25) is 5.02 Å². The highest BCUT2D eigenvalue weighted by atomic mass is 79.9. The average Bonchev–Trinajstić information content (AvgIpc) is 3.25. The summed E-state index contributed by atoms with van der Waals surface area (Å²) in [5, 5.41) is 1.50. The highest BCUT2D eigenvalue weighted by Crippen LogP contribution is 2.36. The number of benzene rings is 3. The van der Waals surface area contributed by atoms with E-state index < -0.39 is 0 Å². The fraction of sp³-hybridized carbons (Fsp3) is 0.111. The summed E-state index contributed by atoms with van der Waals surface area (Å²) in [6.45, 7) is 2.90. The van der Waals surface area contributed by atoms with E-state index >= 15 is 0 Å². The van der Waals surface area contributed by atoms with Crippen LogP contribution >= 0.6 is 39.3 Å². The van der Waals surface area contributed by atoms with Gasteiger partial charge in [-0.25, -0.2) is 0 Å². The molecule has 0 saturated carbocycles. The van der Waals surface area contributed by atoms with Crippen molar-refractivity contribution in [3.8, 4) is 0 Å². The molecule has 0 unspecified atom stereocenters. The van der Waals surface area contributed by atoms with Crippen molar-refractivity contribution in [2.45, 2.75) is 20.0 Å². The molecular formula is C27H20BrClN2O2S. The SMILES string of the molecule is Cc1c(/C=C2\SC(=O)N(Cc3ccc(Br)cc3)C2=O)c2ccccc2n1Cc1ccccc1Cl. The lowest BCUT2D eigenvalue weighted by Crippen LogP contribution is -2.27. The van der Waals surface area contributed by atoms with Crippen LogP contribution in [0.5, 0.6) is 0 Å². The van der Waals surface area contributed by atoms with Gasteiger partial charge in [0.15, 0.2) is 0 Å². The van der Waals surface area contributed by atoms with E-state index in [1.807, 2.05) is 79.7 Å². The van der Waals surface area contributed by atoms with E-state index in [0.29, 0.717) is 11.4 Å². The highest BCUT2D eigenvalue weighted by molar-refractivity contribution is 9.10. The molecule has 0 atom stereocenters. The predicted octanol–water partition coefficient (Wildman–Crippen LogP) is 7.65. The van der Waals surface area contributed by atoms with Crippen LogP contribution in [-0.4, -0.2) is 20.6 Å². The second kappa shape index (κ2) is 9.45. The number of hydrogen-bond donors (Lipinski definition) is 0. The Balaban J connectivity index is 1.51. The zero-order valence-corrected chi connectivity index (χ0v) is 21.5. The second-order valence-corrected chi connectivity index (χ2v) is 10.4. The molecule has 2 amide bonds. The lowest BCUT2D eigenvalue weighted by molar-refractivity contribution is -0.123. The number of carbonyl (C=O) groups is 2. The Labute approximate surface area is 215 Å². The topological polar surface area (TPSA) is 42.3 Å². The summed E-state index contributed by atoms with van der Waals surface area (Å²) < 4.78 is 3.16. The maximum Gasteiger partial charge on any atom is 0.293 e. The lowest BCUT2D eigenvalue weighted by Gasteiger charge is -2.12. The number of fused-ring (bicyclic) bond motifs is 1. The average molecular weight is 552 g/mol. The summed E-state index contributed by atoms with van der Waals surface area (Å²) in [4.78, 5) is 27.6. The first-order chi connectivity index (χ1) is 16.4. The first-order valence-electron chi connectivity index (χ1n) is 10.7. The number of para-hydroxylation sites is 1. The van der Waals surface area contributed by atoms with E-state index in [-0.39, 0.29) is 17.7 Å². The molecule has 34 heavy (non-hydrogen) atoms. The molecule has 1 aliphatic heterocycles. The first-order valence-corrected chi connectivity index (χ1v) is 12.7. The predicted molar refractivity (Wildman–Crippen MR) is 143 cm³/mol. The summed E-state index contributed by atoms with van der Waals surface area (Å²) in [6, 6.07) is 23.5. The fourth-order valence-electron chi connectivity index (χ4n) is 4.18. The van der Waals surface area contributed by atoms with E-state index in [4.69, 9.17) is 11.6 Å². The molecule has 0 radical (unpaired) electrons. The number of carbonyl (C=O) groups excluding carboxylic acids is 2. The summed E-state index contributed by atoms with van der Waals surface area (Å²) in [7, 11) is 0. The number of imide groups is 1. The lowest BCUT2D eigenvalue weighted by atomic mass is 10.1. The summed E-state index contributed by atoms with van der Waals surface area (Å²) in [5.74, 6) is -0.264. The first kappa shape index (κ1) is 23.0. The Kier molecular flexibility index (Phi) is 6.38. The summed E-state index contributed by atoms with van der Waals surface area (Å²) in [6.07, 6.45) is 1.85. The van der Waals surface area contributed by atoms with Crippen molar-refractivity contribution >= 4 is 67.4 Å². The van der Waals surface area contributed by atoms with Crippen molar-refractivity contribution in [3.05, 3.63) is 110 Å². The van der Waals surface area contributed by atoms with Crippen molar-refractivity contribution in [3.63, 3.8) is 0 Å². The Morgan fingerprint density at radius 2 is 1.65 bits per heavy atom. The molecule has 1 aliphatic rings. The minimum absolute atomic E-state index is 0.253. The molecule has 4 aromatic rings. The van der Waals surface area contributed by atoms with Crippen molar-refractivity contribution < 1.29 is 9.59 Å². The fourth-order valence-corrected chi connectivity index (χ4v) is 5.46. The zero-order valence-electron chi connectivity index (χ0n) is 18.3. The standard InChI is InChI=1S/C27H20BrClN2O2S/c1-17-22(14-25-26(32)31(27(33)34-25)15-18-10-12-20(28)13-11-18)21-7-3-5-9-24(21)30(17)16-19-6-2-4-8-23(19)29/h2-14H,15-16H2,1H3/b25-14-. The third-order valence-corrected chi connectivity index (χ3v) is 7.77. The Hall–Kier alpha value is -2.80. The van der Waals surface area contributed by atoms with Crippen LogP contribution < -0.4 is 0 Å². The van der Waals surface area contributed by atoms with E-state index in [1.165, 1.54) is 4.90 Å². The maximum absolute atomic E-state index is 13.2. The Bertz CT molecular complexity index is 1460. The number of thioether (sulfide) groups is 1. The molecule has 0 N–H and O–H groups in total. The molecule has 1 aromatic heterocycles. The van der Waals surface area contributed by atoms with E-state index in [1.54, 1.807) is 0 Å². The van der Waals surface area contributed by atoms with Gasteiger partial charge in [-0.3, -0.25) is 14.5 Å². The van der Waals surface area contributed by atoms with Gasteiger partial charge in [0.1, 0.15) is 0 Å². The van der Waals surface area contributed by atoms with Gasteiger partial charge in [-0.1, -0.05) is 76.1 Å². The second-order valence-electron chi connectivity index (χ2n) is 8.09. The Morgan fingerprint density at radius 3 is 2.41 bits per heavy atom. The van der Waals surface area contributed by atoms with Crippen LogP contribution in [0.1, 0.15) is 22.4 Å². The number of nitrogens with zero attached hydrogens (tertiary/aromatic N) is 2. The largest absolute Gasteiger partial charge is 0.340 e. The van der Waals surface area contributed by atoms with Crippen LogP contribution in [-0.2, 0) is 17.9 Å². The number of halogens is 2. The third kappa shape index (κ3) is 4.33. The van der Waals surface area contributed by atoms with Gasteiger partial charge in [0, 0.05) is 38.2 Å². The van der Waals surface area contributed by atoms with Crippen molar-refractivity contribution in [1.29, 1.82) is 0 Å². The van der Waals surface area contributed by atoms with Gasteiger partial charge >= 0.3 is 0 Å². The van der Waals surface area contributed by atoms with Gasteiger partial charge in [0.25, 0.3) is 11.1 Å². The quantitative estimate of drug-likeness (QED) is 0.239. The number of aromatic nitrogens is 1. The molecule has 0 bridgehead atoms. The molecule has 1 saturated heterocycles. The number of hydrogen-bond acceptors (Lipinski definition) is 3. The van der Waals surface area contributed by atoms with Gasteiger partial charge in [0.2, 0.25) is 0 Å². The van der Waals surface area contributed by atoms with Crippen LogP contribution in [0.3, 0.4) is 0 Å². The zero-order chi connectivity index (χ0) is 23.8. The Morgan fingerprint density at radius 1 is 0.941 bits per heavy atom. The smallest absolute Gasteiger partial charge is 0.293 e. The summed E-state index contributed by atoms with van der Waals surface area (Å²) >= 11 is 10.8. The number of amides is 2. The molecule has 0 aliphatic carbocycles. The molecular weight excluding hydrogens is 532 g/mol. The van der Waals surface area contributed by atoms with Gasteiger partial charge in [0.05, 0.1) is 11.4 Å². The summed E-state index contributed by atoms with van der Waals surface area (Å²) in [5.41, 5.74) is 4.94. The molecule has 5 rings (SSSR count). The molecule has 1 fully saturated rings. The monoisotopic (exact) mass is 550 g/mol.